The molecule has 0 aliphatic heterocycles. The van der Waals surface area contributed by atoms with Gasteiger partial charge in [-0.3, -0.25) is 0 Å². The molecule has 0 saturated heterocycles. The Bertz CT molecular complexity index is 785. The first kappa shape index (κ1) is 31.8. The maximum atomic E-state index is 2.89. The second-order valence-electron chi connectivity index (χ2n) is 8.16. The van der Waals surface area contributed by atoms with E-state index >= 15 is 0 Å². The van der Waals surface area contributed by atoms with Crippen molar-refractivity contribution in [1.29, 1.82) is 0 Å². The molecule has 0 radical (unpaired) electrons. The number of fused-ring (bicyclic) bond motifs is 5. The zero-order valence-electron chi connectivity index (χ0n) is 20.2. The van der Waals surface area contributed by atoms with Gasteiger partial charge < -0.3 is 0 Å². The fraction of sp³-hybridized carbons (Fsp3) is 0.176. The van der Waals surface area contributed by atoms with Crippen LogP contribution in [0.25, 0.3) is 0 Å². The molecule has 36 heavy (non-hydrogen) atoms. The summed E-state index contributed by atoms with van der Waals surface area (Å²) in [4.78, 5) is 0. The van der Waals surface area contributed by atoms with Crippen LogP contribution < -0.4 is 0 Å². The molecule has 1 fully saturated rings. The molecule has 4 aromatic carbocycles. The van der Waals surface area contributed by atoms with Crippen molar-refractivity contribution < 1.29 is 42.1 Å². The molecule has 0 amide bonds. The third kappa shape index (κ3) is 12.6. The van der Waals surface area contributed by atoms with Crippen molar-refractivity contribution in [3.05, 3.63) is 170 Å². The van der Waals surface area contributed by atoms with Gasteiger partial charge in [-0.2, -0.15) is 146 Å². The fourth-order valence-corrected chi connectivity index (χ4v) is 4.34. The molecule has 1 saturated carbocycles. The van der Waals surface area contributed by atoms with E-state index in [9.17, 15) is 0 Å². The van der Waals surface area contributed by atoms with Crippen LogP contribution in [0.4, 0.5) is 0 Å². The van der Waals surface area contributed by atoms with Gasteiger partial charge in [0.1, 0.15) is 0 Å². The molecule has 2 heteroatoms. The van der Waals surface area contributed by atoms with E-state index in [4.69, 9.17) is 0 Å². The molecule has 4 atom stereocenters. The van der Waals surface area contributed by atoms with E-state index in [0.29, 0.717) is 0 Å². The van der Waals surface area contributed by atoms with Crippen LogP contribution in [0.1, 0.15) is 12.8 Å². The van der Waals surface area contributed by atoms with Crippen molar-refractivity contribution in [1.82, 2.24) is 0 Å². The maximum absolute atomic E-state index is 2.89. The Balaban J connectivity index is 0.000000227. The van der Waals surface area contributed by atoms with E-state index in [2.05, 4.69) is 48.6 Å². The van der Waals surface area contributed by atoms with Gasteiger partial charge in [-0.05, 0) is 36.5 Å². The molecule has 3 aliphatic carbocycles. The van der Waals surface area contributed by atoms with Crippen LogP contribution >= 0.6 is 0 Å². The molecule has 4 unspecified atom stereocenters. The predicted molar refractivity (Wildman–Crippen MR) is 143 cm³/mol. The minimum Gasteiger partial charge on any atom is -0.184 e. The SMILES string of the molecule is C1=CC2C3C=CC(C3)C2C1.[Pt+2].[Pt+2].[c-]1ccccc1.[c-]1ccccc1.[c-]1ccccc1.[c-]1ccccc1. The average molecular weight is 831 g/mol. The molecule has 0 heterocycles. The summed E-state index contributed by atoms with van der Waals surface area (Å²) < 4.78 is 0. The molecule has 0 nitrogen and oxygen atoms in total. The Morgan fingerprint density at radius 1 is 0.417 bits per heavy atom. The Morgan fingerprint density at radius 3 is 1.06 bits per heavy atom. The van der Waals surface area contributed by atoms with E-state index in [0.717, 1.165) is 23.7 Å². The summed E-state index contributed by atoms with van der Waals surface area (Å²) in [6, 6.07) is 50.0. The first-order chi connectivity index (χ1) is 16.9. The Hall–Kier alpha value is -2.26. The van der Waals surface area contributed by atoms with Crippen LogP contribution in [0.3, 0.4) is 0 Å². The predicted octanol–water partition coefficient (Wildman–Crippen LogP) is 8.33. The summed E-state index contributed by atoms with van der Waals surface area (Å²) in [5.74, 6) is 3.82. The molecule has 0 spiro atoms. The summed E-state index contributed by atoms with van der Waals surface area (Å²) >= 11 is 0. The van der Waals surface area contributed by atoms with E-state index in [-0.39, 0.29) is 42.1 Å². The van der Waals surface area contributed by atoms with E-state index in [1.807, 2.05) is 121 Å². The van der Waals surface area contributed by atoms with Gasteiger partial charge in [0.05, 0.1) is 0 Å². The molecule has 7 rings (SSSR count). The van der Waals surface area contributed by atoms with Gasteiger partial charge in [-0.25, -0.2) is 0 Å². The maximum Gasteiger partial charge on any atom is 2.00 e. The number of rotatable bonds is 0. The third-order valence-corrected chi connectivity index (χ3v) is 5.88. The van der Waals surface area contributed by atoms with Crippen molar-refractivity contribution in [2.75, 3.05) is 0 Å². The molecule has 4 aromatic rings. The zero-order valence-corrected chi connectivity index (χ0v) is 24.8. The second-order valence-corrected chi connectivity index (χ2v) is 8.16. The first-order valence-corrected chi connectivity index (χ1v) is 11.9. The van der Waals surface area contributed by atoms with Crippen molar-refractivity contribution in [2.24, 2.45) is 23.7 Å². The van der Waals surface area contributed by atoms with Gasteiger partial charge in [-0.1, -0.05) is 24.3 Å². The molecule has 188 valence electrons. The molecule has 3 aliphatic rings. The number of allylic oxidation sites excluding steroid dienone is 4. The number of hydrogen-bond donors (Lipinski definition) is 0. The smallest absolute Gasteiger partial charge is 0.184 e. The van der Waals surface area contributed by atoms with Gasteiger partial charge in [0, 0.05) is 0 Å². The van der Waals surface area contributed by atoms with Gasteiger partial charge in [-0.15, -0.1) is 0 Å². The van der Waals surface area contributed by atoms with Crippen molar-refractivity contribution in [2.45, 2.75) is 12.8 Å². The molecular formula is C34H32Pt2. The van der Waals surface area contributed by atoms with Gasteiger partial charge >= 0.3 is 42.1 Å². The van der Waals surface area contributed by atoms with Gasteiger partial charge in [0.2, 0.25) is 0 Å². The number of benzene rings is 4. The minimum atomic E-state index is 0. The summed E-state index contributed by atoms with van der Waals surface area (Å²) in [5, 5.41) is 0. The third-order valence-electron chi connectivity index (χ3n) is 5.88. The molecule has 0 N–H and O–H groups in total. The topological polar surface area (TPSA) is 0 Å². The zero-order chi connectivity index (χ0) is 23.5. The van der Waals surface area contributed by atoms with Crippen LogP contribution in [-0.4, -0.2) is 0 Å². The quantitative estimate of drug-likeness (QED) is 0.124. The first-order valence-electron chi connectivity index (χ1n) is 11.9. The monoisotopic (exact) mass is 830 g/mol. The Morgan fingerprint density at radius 2 is 0.778 bits per heavy atom. The van der Waals surface area contributed by atoms with Gasteiger partial charge in [0.15, 0.2) is 0 Å². The normalized spacial score (nSPS) is 20.4. The minimum absolute atomic E-state index is 0. The van der Waals surface area contributed by atoms with Gasteiger partial charge in [0.25, 0.3) is 0 Å². The number of hydrogen-bond acceptors (Lipinski definition) is 0. The van der Waals surface area contributed by atoms with E-state index in [1.54, 1.807) is 0 Å². The molecule has 2 bridgehead atoms. The van der Waals surface area contributed by atoms with Crippen LogP contribution in [0.15, 0.2) is 146 Å². The van der Waals surface area contributed by atoms with Crippen LogP contribution in [0.2, 0.25) is 0 Å². The van der Waals surface area contributed by atoms with E-state index in [1.165, 1.54) is 12.8 Å². The second kappa shape index (κ2) is 20.9. The van der Waals surface area contributed by atoms with E-state index < -0.39 is 0 Å². The van der Waals surface area contributed by atoms with Crippen molar-refractivity contribution in [3.63, 3.8) is 0 Å². The van der Waals surface area contributed by atoms with Crippen molar-refractivity contribution >= 4 is 0 Å². The van der Waals surface area contributed by atoms with Crippen LogP contribution in [0.5, 0.6) is 0 Å². The average Bonchev–Trinajstić information content (AvgIpc) is 3.71. The van der Waals surface area contributed by atoms with Crippen molar-refractivity contribution in [3.8, 4) is 0 Å². The largest absolute Gasteiger partial charge is 2.00 e. The Kier molecular flexibility index (Phi) is 18.4. The summed E-state index contributed by atoms with van der Waals surface area (Å²) in [6.45, 7) is 0. The van der Waals surface area contributed by atoms with Crippen LogP contribution in [0, 0.1) is 47.9 Å². The standard InChI is InChI=1S/C10H12.4C6H5.2Pt/c1-2-9-7-4-5-8(6-7)10(9)3-1;4*1-2-4-6-5-3-1;;/h1-2,4-5,7-10H,3,6H2;4*1-5H;;/q;4*-1;2*+2. The summed E-state index contributed by atoms with van der Waals surface area (Å²) in [6.07, 6.45) is 12.5. The molecule has 0 aromatic heterocycles. The fourth-order valence-electron chi connectivity index (χ4n) is 4.34. The van der Waals surface area contributed by atoms with Crippen LogP contribution in [-0.2, 0) is 42.1 Å². The molecular weight excluding hydrogens is 799 g/mol. The summed E-state index contributed by atoms with van der Waals surface area (Å²) in [5.41, 5.74) is 0. The summed E-state index contributed by atoms with van der Waals surface area (Å²) in [7, 11) is 0. The Labute approximate surface area is 247 Å².